The zero-order valence-corrected chi connectivity index (χ0v) is 16.3. The molecule has 2 aromatic heterocycles. The molecule has 1 N–H and O–H groups in total. The topological polar surface area (TPSA) is 51.2 Å². The van der Waals surface area contributed by atoms with E-state index in [9.17, 15) is 4.79 Å². The molecular formula is C20H22N2O2S2. The van der Waals surface area contributed by atoms with E-state index in [1.54, 1.807) is 22.7 Å². The average Bonchev–Trinajstić information content (AvgIpc) is 3.33. The van der Waals surface area contributed by atoms with Gasteiger partial charge >= 0.3 is 0 Å². The maximum atomic E-state index is 12.0. The lowest BCUT2D eigenvalue weighted by Crippen LogP contribution is -2.27. The van der Waals surface area contributed by atoms with Crippen molar-refractivity contribution in [1.82, 2.24) is 10.3 Å². The minimum absolute atomic E-state index is 0.00303. The van der Waals surface area contributed by atoms with E-state index < -0.39 is 0 Å². The molecule has 26 heavy (non-hydrogen) atoms. The number of hydrogen-bond donors (Lipinski definition) is 1. The number of rotatable bonds is 9. The van der Waals surface area contributed by atoms with Gasteiger partial charge in [-0.3, -0.25) is 4.79 Å². The van der Waals surface area contributed by atoms with Crippen molar-refractivity contribution in [1.29, 1.82) is 0 Å². The molecule has 0 saturated heterocycles. The smallest absolute Gasteiger partial charge is 0.226 e. The maximum absolute atomic E-state index is 12.0. The average molecular weight is 387 g/mol. The molecule has 1 atom stereocenters. The molecule has 2 heterocycles. The number of thiophene rings is 1. The number of carbonyl (C=O) groups excluding carboxylic acids is 1. The summed E-state index contributed by atoms with van der Waals surface area (Å²) in [5.74, 6) is 0.00303. The Balaban J connectivity index is 1.33. The van der Waals surface area contributed by atoms with Gasteiger partial charge in [-0.1, -0.05) is 30.3 Å². The Labute approximate surface area is 161 Å². The molecule has 0 aliphatic rings. The van der Waals surface area contributed by atoms with Gasteiger partial charge in [-0.2, -0.15) is 11.3 Å². The first kappa shape index (κ1) is 18.8. The number of benzene rings is 1. The quantitative estimate of drug-likeness (QED) is 0.543. The Morgan fingerprint density at radius 2 is 2.08 bits per heavy atom. The molecule has 136 valence electrons. The molecule has 0 fully saturated rings. The van der Waals surface area contributed by atoms with Crippen LogP contribution in [0.25, 0.3) is 10.6 Å². The number of aromatic nitrogens is 1. The lowest BCUT2D eigenvalue weighted by atomic mass is 10.1. The lowest BCUT2D eigenvalue weighted by Gasteiger charge is -2.13. The predicted molar refractivity (Wildman–Crippen MR) is 108 cm³/mol. The third-order valence-corrected chi connectivity index (χ3v) is 5.57. The van der Waals surface area contributed by atoms with Crippen LogP contribution >= 0.6 is 22.7 Å². The van der Waals surface area contributed by atoms with Crippen LogP contribution in [0.5, 0.6) is 0 Å². The summed E-state index contributed by atoms with van der Waals surface area (Å²) in [7, 11) is 0. The molecule has 0 spiro atoms. The maximum Gasteiger partial charge on any atom is 0.226 e. The van der Waals surface area contributed by atoms with Crippen LogP contribution in [0.1, 0.15) is 30.7 Å². The summed E-state index contributed by atoms with van der Waals surface area (Å²) in [5, 5.41) is 9.96. The summed E-state index contributed by atoms with van der Waals surface area (Å²) >= 11 is 3.23. The highest BCUT2D eigenvalue weighted by molar-refractivity contribution is 7.14. The molecule has 4 nitrogen and oxygen atoms in total. The zero-order valence-electron chi connectivity index (χ0n) is 14.7. The van der Waals surface area contributed by atoms with E-state index in [-0.39, 0.29) is 12.0 Å². The van der Waals surface area contributed by atoms with Crippen LogP contribution in [-0.2, 0) is 16.0 Å². The Hall–Kier alpha value is -2.02. The van der Waals surface area contributed by atoms with Crippen LogP contribution in [0.15, 0.2) is 52.5 Å². The highest BCUT2D eigenvalue weighted by atomic mass is 32.1. The second-order valence-electron chi connectivity index (χ2n) is 5.96. The summed E-state index contributed by atoms with van der Waals surface area (Å²) in [6.45, 7) is 3.28. The van der Waals surface area contributed by atoms with Gasteiger partial charge in [0.15, 0.2) is 0 Å². The van der Waals surface area contributed by atoms with E-state index in [0.717, 1.165) is 22.7 Å². The molecule has 0 bridgehead atoms. The molecule has 1 aromatic carbocycles. The van der Waals surface area contributed by atoms with Crippen LogP contribution in [-0.4, -0.2) is 24.0 Å². The van der Waals surface area contributed by atoms with E-state index >= 15 is 0 Å². The fraction of sp³-hybridized carbons (Fsp3) is 0.300. The van der Waals surface area contributed by atoms with E-state index in [1.165, 1.54) is 5.56 Å². The van der Waals surface area contributed by atoms with Crippen LogP contribution in [0.2, 0.25) is 0 Å². The zero-order chi connectivity index (χ0) is 18.2. The fourth-order valence-corrected chi connectivity index (χ4v) is 4.05. The summed E-state index contributed by atoms with van der Waals surface area (Å²) in [4.78, 5) is 16.6. The van der Waals surface area contributed by atoms with Gasteiger partial charge in [0.05, 0.1) is 18.2 Å². The molecule has 0 radical (unpaired) electrons. The number of ether oxygens (including phenoxy) is 1. The van der Waals surface area contributed by atoms with Gasteiger partial charge in [0.2, 0.25) is 5.91 Å². The first-order valence-electron chi connectivity index (χ1n) is 8.62. The number of hydrogen-bond acceptors (Lipinski definition) is 5. The molecular weight excluding hydrogens is 364 g/mol. The number of nitrogens with zero attached hydrogens (tertiary/aromatic N) is 1. The van der Waals surface area contributed by atoms with Crippen LogP contribution in [0.4, 0.5) is 0 Å². The number of carbonyl (C=O) groups is 1. The van der Waals surface area contributed by atoms with Gasteiger partial charge < -0.3 is 10.1 Å². The van der Waals surface area contributed by atoms with Gasteiger partial charge in [-0.05, 0) is 30.4 Å². The van der Waals surface area contributed by atoms with Crippen molar-refractivity contribution in [3.63, 3.8) is 0 Å². The molecule has 6 heteroatoms. The normalized spacial score (nSPS) is 12.0. The fourth-order valence-electron chi connectivity index (χ4n) is 2.51. The van der Waals surface area contributed by atoms with Gasteiger partial charge in [0.25, 0.3) is 0 Å². The Kier molecular flexibility index (Phi) is 6.94. The minimum atomic E-state index is 0.00303. The Morgan fingerprint density at radius 3 is 2.85 bits per heavy atom. The predicted octanol–water partition coefficient (Wildman–Crippen LogP) is 4.70. The highest BCUT2D eigenvalue weighted by Gasteiger charge is 2.09. The molecule has 0 aliphatic heterocycles. The highest BCUT2D eigenvalue weighted by Crippen LogP contribution is 2.25. The Bertz CT molecular complexity index is 800. The Morgan fingerprint density at radius 1 is 1.23 bits per heavy atom. The third-order valence-electron chi connectivity index (χ3n) is 3.94. The second kappa shape index (κ2) is 9.62. The third kappa shape index (κ3) is 5.49. The minimum Gasteiger partial charge on any atom is -0.374 e. The number of amides is 1. The van der Waals surface area contributed by atoms with Crippen LogP contribution < -0.4 is 5.32 Å². The van der Waals surface area contributed by atoms with E-state index in [4.69, 9.17) is 4.74 Å². The standard InChI is InChI=1S/C20H22N2O2S2/c1-15(16-6-3-2-4-7-16)24-10-5-9-21-19(23)12-18-14-26-20(22-18)17-8-11-25-13-17/h2-4,6-8,11,13-15H,5,9-10,12H2,1H3,(H,21,23). The number of nitrogens with one attached hydrogen (secondary N) is 1. The van der Waals surface area contributed by atoms with E-state index in [2.05, 4.69) is 27.8 Å². The van der Waals surface area contributed by atoms with E-state index in [1.807, 2.05) is 41.9 Å². The summed E-state index contributed by atoms with van der Waals surface area (Å²) in [6.07, 6.45) is 1.18. The van der Waals surface area contributed by atoms with Crippen molar-refractivity contribution in [3.8, 4) is 10.6 Å². The van der Waals surface area contributed by atoms with Crippen molar-refractivity contribution < 1.29 is 9.53 Å². The SMILES string of the molecule is CC(OCCCNC(=O)Cc1csc(-c2ccsc2)n1)c1ccccc1. The van der Waals surface area contributed by atoms with Crippen molar-refractivity contribution in [3.05, 3.63) is 63.8 Å². The molecule has 1 unspecified atom stereocenters. The van der Waals surface area contributed by atoms with Crippen molar-refractivity contribution in [2.24, 2.45) is 0 Å². The first-order chi connectivity index (χ1) is 12.7. The van der Waals surface area contributed by atoms with Gasteiger partial charge in [0.1, 0.15) is 5.01 Å². The molecule has 3 rings (SSSR count). The van der Waals surface area contributed by atoms with Crippen molar-refractivity contribution in [2.45, 2.75) is 25.9 Å². The van der Waals surface area contributed by atoms with Crippen molar-refractivity contribution in [2.75, 3.05) is 13.2 Å². The van der Waals surface area contributed by atoms with Gasteiger partial charge in [-0.15, -0.1) is 11.3 Å². The molecule has 0 saturated carbocycles. The van der Waals surface area contributed by atoms with Crippen LogP contribution in [0, 0.1) is 0 Å². The molecule has 1 amide bonds. The second-order valence-corrected chi connectivity index (χ2v) is 7.60. The van der Waals surface area contributed by atoms with Crippen molar-refractivity contribution >= 4 is 28.6 Å². The molecule has 0 aliphatic carbocycles. The first-order valence-corrected chi connectivity index (χ1v) is 10.4. The van der Waals surface area contributed by atoms with E-state index in [0.29, 0.717) is 19.6 Å². The molecule has 3 aromatic rings. The number of thiazole rings is 1. The van der Waals surface area contributed by atoms with Gasteiger partial charge in [0, 0.05) is 29.5 Å². The summed E-state index contributed by atoms with van der Waals surface area (Å²) < 4.78 is 5.81. The van der Waals surface area contributed by atoms with Gasteiger partial charge in [-0.25, -0.2) is 4.98 Å². The van der Waals surface area contributed by atoms with Crippen LogP contribution in [0.3, 0.4) is 0 Å². The summed E-state index contributed by atoms with van der Waals surface area (Å²) in [5.41, 5.74) is 3.11. The lowest BCUT2D eigenvalue weighted by molar-refractivity contribution is -0.120. The summed E-state index contributed by atoms with van der Waals surface area (Å²) in [6, 6.07) is 12.2. The monoisotopic (exact) mass is 386 g/mol. The largest absolute Gasteiger partial charge is 0.374 e.